The summed E-state index contributed by atoms with van der Waals surface area (Å²) in [5.41, 5.74) is 5.87. The molecule has 1 heterocycles. The molecule has 0 aromatic carbocycles. The fourth-order valence-corrected chi connectivity index (χ4v) is 3.29. The average Bonchev–Trinajstić information content (AvgIpc) is 2.30. The van der Waals surface area contributed by atoms with Gasteiger partial charge in [-0.2, -0.15) is 0 Å². The van der Waals surface area contributed by atoms with E-state index in [1.54, 1.807) is 0 Å². The van der Waals surface area contributed by atoms with Crippen molar-refractivity contribution in [1.82, 2.24) is 0 Å². The average molecular weight is 197 g/mol. The molecule has 2 heteroatoms. The predicted molar refractivity (Wildman–Crippen MR) is 58.0 cm³/mol. The molecule has 2 unspecified atom stereocenters. The van der Waals surface area contributed by atoms with Gasteiger partial charge in [0.15, 0.2) is 0 Å². The number of nitrogens with two attached hydrogens (primary N) is 1. The highest BCUT2D eigenvalue weighted by atomic mass is 16.5. The number of hydrogen-bond donors (Lipinski definition) is 1. The summed E-state index contributed by atoms with van der Waals surface area (Å²) in [7, 11) is 0. The summed E-state index contributed by atoms with van der Waals surface area (Å²) in [5.74, 6) is 2.64. The predicted octanol–water partition coefficient (Wildman–Crippen LogP) is 2.18. The molecule has 2 aliphatic rings. The molecule has 82 valence electrons. The lowest BCUT2D eigenvalue weighted by atomic mass is 9.70. The summed E-state index contributed by atoms with van der Waals surface area (Å²) in [6.07, 6.45) is 8.19. The molecular formula is C12H23NO. The van der Waals surface area contributed by atoms with E-state index in [-0.39, 0.29) is 0 Å². The second-order valence-corrected chi connectivity index (χ2v) is 4.89. The van der Waals surface area contributed by atoms with Crippen LogP contribution in [0.1, 0.15) is 38.5 Å². The highest BCUT2D eigenvalue weighted by Crippen LogP contribution is 2.38. The molecule has 1 saturated heterocycles. The van der Waals surface area contributed by atoms with Gasteiger partial charge in [-0.15, -0.1) is 0 Å². The van der Waals surface area contributed by atoms with Gasteiger partial charge in [0.25, 0.3) is 0 Å². The Morgan fingerprint density at radius 3 is 2.43 bits per heavy atom. The smallest absolute Gasteiger partial charge is 0.0468 e. The summed E-state index contributed by atoms with van der Waals surface area (Å²) >= 11 is 0. The fourth-order valence-electron chi connectivity index (χ4n) is 3.29. The van der Waals surface area contributed by atoms with Crippen molar-refractivity contribution in [2.24, 2.45) is 23.5 Å². The maximum Gasteiger partial charge on any atom is 0.0468 e. The lowest BCUT2D eigenvalue weighted by molar-refractivity contribution is 0.0246. The van der Waals surface area contributed by atoms with E-state index in [0.717, 1.165) is 37.5 Å². The van der Waals surface area contributed by atoms with E-state index in [1.165, 1.54) is 38.5 Å². The molecule has 0 bridgehead atoms. The highest BCUT2D eigenvalue weighted by Gasteiger charge is 2.31. The second kappa shape index (κ2) is 5.13. The summed E-state index contributed by atoms with van der Waals surface area (Å²) in [5, 5.41) is 0. The SMILES string of the molecule is NCC1CCCCC1C1CCOCC1. The maximum atomic E-state index is 5.87. The van der Waals surface area contributed by atoms with Gasteiger partial charge < -0.3 is 10.5 Å². The van der Waals surface area contributed by atoms with Crippen molar-refractivity contribution in [3.8, 4) is 0 Å². The van der Waals surface area contributed by atoms with Crippen molar-refractivity contribution in [3.63, 3.8) is 0 Å². The minimum absolute atomic E-state index is 0.812. The molecule has 0 spiro atoms. The van der Waals surface area contributed by atoms with Crippen LogP contribution in [0.2, 0.25) is 0 Å². The van der Waals surface area contributed by atoms with Crippen LogP contribution in [-0.2, 0) is 4.74 Å². The Labute approximate surface area is 87.2 Å². The third-order valence-corrected chi connectivity index (χ3v) is 4.14. The van der Waals surface area contributed by atoms with Crippen LogP contribution in [0, 0.1) is 17.8 Å². The van der Waals surface area contributed by atoms with Gasteiger partial charge in [-0.1, -0.05) is 12.8 Å². The Bertz CT molecular complexity index is 166. The van der Waals surface area contributed by atoms with E-state index in [4.69, 9.17) is 10.5 Å². The Morgan fingerprint density at radius 1 is 1.00 bits per heavy atom. The normalized spacial score (nSPS) is 35.8. The van der Waals surface area contributed by atoms with Crippen molar-refractivity contribution in [1.29, 1.82) is 0 Å². The zero-order valence-electron chi connectivity index (χ0n) is 9.08. The Kier molecular flexibility index (Phi) is 3.82. The van der Waals surface area contributed by atoms with E-state index in [9.17, 15) is 0 Å². The Hall–Kier alpha value is -0.0800. The molecule has 2 nitrogen and oxygen atoms in total. The van der Waals surface area contributed by atoms with Crippen molar-refractivity contribution >= 4 is 0 Å². The second-order valence-electron chi connectivity index (χ2n) is 4.89. The van der Waals surface area contributed by atoms with Gasteiger partial charge in [0.1, 0.15) is 0 Å². The maximum absolute atomic E-state index is 5.87. The largest absolute Gasteiger partial charge is 0.381 e. The molecule has 2 rings (SSSR count). The minimum atomic E-state index is 0.812. The molecule has 1 aliphatic heterocycles. The first kappa shape index (κ1) is 10.4. The van der Waals surface area contributed by atoms with Gasteiger partial charge in [0, 0.05) is 13.2 Å². The van der Waals surface area contributed by atoms with Gasteiger partial charge in [-0.05, 0) is 50.0 Å². The molecule has 2 fully saturated rings. The van der Waals surface area contributed by atoms with Crippen LogP contribution in [0.4, 0.5) is 0 Å². The first-order valence-corrected chi connectivity index (χ1v) is 6.19. The third-order valence-electron chi connectivity index (χ3n) is 4.14. The van der Waals surface area contributed by atoms with Crippen LogP contribution in [0.5, 0.6) is 0 Å². The topological polar surface area (TPSA) is 35.2 Å². The van der Waals surface area contributed by atoms with Crippen LogP contribution < -0.4 is 5.73 Å². The molecule has 0 aromatic rings. The Balaban J connectivity index is 1.91. The lowest BCUT2D eigenvalue weighted by Crippen LogP contribution is -2.34. The molecule has 1 saturated carbocycles. The van der Waals surface area contributed by atoms with Gasteiger partial charge >= 0.3 is 0 Å². The van der Waals surface area contributed by atoms with Crippen molar-refractivity contribution in [2.75, 3.05) is 19.8 Å². The third kappa shape index (κ3) is 2.29. The minimum Gasteiger partial charge on any atom is -0.381 e. The quantitative estimate of drug-likeness (QED) is 0.736. The molecule has 14 heavy (non-hydrogen) atoms. The van der Waals surface area contributed by atoms with E-state index in [0.29, 0.717) is 0 Å². The summed E-state index contributed by atoms with van der Waals surface area (Å²) in [6, 6.07) is 0. The molecule has 1 aliphatic carbocycles. The van der Waals surface area contributed by atoms with E-state index >= 15 is 0 Å². The monoisotopic (exact) mass is 197 g/mol. The summed E-state index contributed by atoms with van der Waals surface area (Å²) in [4.78, 5) is 0. The summed E-state index contributed by atoms with van der Waals surface area (Å²) < 4.78 is 5.43. The van der Waals surface area contributed by atoms with Gasteiger partial charge in [0.2, 0.25) is 0 Å². The van der Waals surface area contributed by atoms with E-state index < -0.39 is 0 Å². The zero-order chi connectivity index (χ0) is 9.80. The van der Waals surface area contributed by atoms with E-state index in [1.807, 2.05) is 0 Å². The molecule has 2 N–H and O–H groups in total. The lowest BCUT2D eigenvalue weighted by Gasteiger charge is -2.38. The van der Waals surface area contributed by atoms with Gasteiger partial charge in [-0.25, -0.2) is 0 Å². The number of rotatable bonds is 2. The zero-order valence-corrected chi connectivity index (χ0v) is 9.08. The molecular weight excluding hydrogens is 174 g/mol. The van der Waals surface area contributed by atoms with Crippen LogP contribution in [0.3, 0.4) is 0 Å². The molecule has 0 amide bonds. The van der Waals surface area contributed by atoms with Crippen molar-refractivity contribution in [2.45, 2.75) is 38.5 Å². The van der Waals surface area contributed by atoms with Crippen LogP contribution >= 0.6 is 0 Å². The van der Waals surface area contributed by atoms with E-state index in [2.05, 4.69) is 0 Å². The van der Waals surface area contributed by atoms with Crippen LogP contribution in [0.15, 0.2) is 0 Å². The van der Waals surface area contributed by atoms with Crippen LogP contribution in [0.25, 0.3) is 0 Å². The van der Waals surface area contributed by atoms with Gasteiger partial charge in [0.05, 0.1) is 0 Å². The first-order chi connectivity index (χ1) is 6.92. The highest BCUT2D eigenvalue weighted by molar-refractivity contribution is 4.82. The van der Waals surface area contributed by atoms with Crippen LogP contribution in [-0.4, -0.2) is 19.8 Å². The molecule has 2 atom stereocenters. The Morgan fingerprint density at radius 2 is 1.71 bits per heavy atom. The molecule has 0 aromatic heterocycles. The first-order valence-electron chi connectivity index (χ1n) is 6.19. The fraction of sp³-hybridized carbons (Fsp3) is 1.00. The molecule has 0 radical (unpaired) electrons. The number of ether oxygens (including phenoxy) is 1. The standard InChI is InChI=1S/C12H23NO/c13-9-11-3-1-2-4-12(11)10-5-7-14-8-6-10/h10-12H,1-9,13H2. The van der Waals surface area contributed by atoms with Crippen molar-refractivity contribution in [3.05, 3.63) is 0 Å². The number of hydrogen-bond acceptors (Lipinski definition) is 2. The van der Waals surface area contributed by atoms with Crippen molar-refractivity contribution < 1.29 is 4.74 Å². The summed E-state index contributed by atoms with van der Waals surface area (Å²) in [6.45, 7) is 2.87. The van der Waals surface area contributed by atoms with Gasteiger partial charge in [-0.3, -0.25) is 0 Å².